The molecule has 0 aliphatic carbocycles. The molecule has 0 bridgehead atoms. The van der Waals surface area contributed by atoms with Gasteiger partial charge in [0.2, 0.25) is 16.8 Å². The molecule has 128 valence electrons. The van der Waals surface area contributed by atoms with Crippen molar-refractivity contribution in [3.8, 4) is 11.5 Å². The minimum atomic E-state index is -3.24. The van der Waals surface area contributed by atoms with Crippen molar-refractivity contribution in [3.05, 3.63) is 59.7 Å². The fraction of sp³-hybridized carbons (Fsp3) is 0.333. The van der Waals surface area contributed by atoms with Crippen molar-refractivity contribution in [2.45, 2.75) is 19.3 Å². The van der Waals surface area contributed by atoms with Crippen molar-refractivity contribution in [1.82, 2.24) is 4.72 Å². The summed E-state index contributed by atoms with van der Waals surface area (Å²) < 4.78 is 37.3. The van der Waals surface area contributed by atoms with E-state index in [1.165, 1.54) is 0 Å². The van der Waals surface area contributed by atoms with Gasteiger partial charge in [-0.05, 0) is 42.5 Å². The fourth-order valence-electron chi connectivity index (χ4n) is 2.59. The number of benzene rings is 2. The first-order valence-electron chi connectivity index (χ1n) is 8.02. The van der Waals surface area contributed by atoms with Crippen LogP contribution in [0.15, 0.2) is 48.5 Å². The van der Waals surface area contributed by atoms with Crippen LogP contribution in [0.25, 0.3) is 0 Å². The van der Waals surface area contributed by atoms with E-state index in [1.54, 1.807) is 0 Å². The predicted octanol–water partition coefficient (Wildman–Crippen LogP) is 2.51. The Labute approximate surface area is 142 Å². The molecule has 0 amide bonds. The van der Waals surface area contributed by atoms with Gasteiger partial charge in [0.15, 0.2) is 11.5 Å². The topological polar surface area (TPSA) is 64.6 Å². The Morgan fingerprint density at radius 2 is 1.71 bits per heavy atom. The Hall–Kier alpha value is -2.05. The molecule has 0 unspecified atom stereocenters. The van der Waals surface area contributed by atoms with Crippen molar-refractivity contribution in [2.75, 3.05) is 19.1 Å². The van der Waals surface area contributed by atoms with Crippen LogP contribution in [-0.4, -0.2) is 27.5 Å². The first kappa shape index (κ1) is 16.8. The Kier molecular flexibility index (Phi) is 5.37. The zero-order valence-electron chi connectivity index (χ0n) is 13.4. The second kappa shape index (κ2) is 7.68. The van der Waals surface area contributed by atoms with Gasteiger partial charge in [0, 0.05) is 6.54 Å². The summed E-state index contributed by atoms with van der Waals surface area (Å²) in [5.74, 6) is 1.64. The van der Waals surface area contributed by atoms with Gasteiger partial charge in [-0.15, -0.1) is 0 Å². The Bertz CT molecular complexity index is 775. The summed E-state index contributed by atoms with van der Waals surface area (Å²) in [6.07, 6.45) is 2.06. The van der Waals surface area contributed by atoms with Crippen LogP contribution >= 0.6 is 0 Å². The van der Waals surface area contributed by atoms with Crippen LogP contribution in [0.2, 0.25) is 0 Å². The lowest BCUT2D eigenvalue weighted by atomic mass is 10.1. The number of aryl methyl sites for hydroxylation is 2. The molecular weight excluding hydrogens is 326 g/mol. The monoisotopic (exact) mass is 347 g/mol. The van der Waals surface area contributed by atoms with E-state index in [1.807, 2.05) is 48.5 Å². The molecule has 2 aromatic rings. The Morgan fingerprint density at radius 3 is 2.54 bits per heavy atom. The second-order valence-electron chi connectivity index (χ2n) is 5.74. The van der Waals surface area contributed by atoms with Crippen LogP contribution < -0.4 is 14.2 Å². The van der Waals surface area contributed by atoms with Crippen molar-refractivity contribution in [3.63, 3.8) is 0 Å². The maximum atomic E-state index is 12.0. The van der Waals surface area contributed by atoms with Gasteiger partial charge in [0.05, 0.1) is 5.75 Å². The molecule has 6 heteroatoms. The van der Waals surface area contributed by atoms with Crippen LogP contribution in [0.5, 0.6) is 11.5 Å². The third-order valence-electron chi connectivity index (χ3n) is 3.90. The van der Waals surface area contributed by atoms with Gasteiger partial charge in [-0.25, -0.2) is 13.1 Å². The largest absolute Gasteiger partial charge is 0.454 e. The Balaban J connectivity index is 1.40. The van der Waals surface area contributed by atoms with Crippen LogP contribution in [0.3, 0.4) is 0 Å². The zero-order chi connectivity index (χ0) is 16.8. The molecule has 5 nitrogen and oxygen atoms in total. The van der Waals surface area contributed by atoms with Gasteiger partial charge in [-0.3, -0.25) is 0 Å². The molecule has 0 fully saturated rings. The molecule has 24 heavy (non-hydrogen) atoms. The van der Waals surface area contributed by atoms with Gasteiger partial charge >= 0.3 is 0 Å². The van der Waals surface area contributed by atoms with Crippen molar-refractivity contribution in [2.24, 2.45) is 0 Å². The lowest BCUT2D eigenvalue weighted by Crippen LogP contribution is -2.28. The highest BCUT2D eigenvalue weighted by Crippen LogP contribution is 2.32. The van der Waals surface area contributed by atoms with Crippen molar-refractivity contribution in [1.29, 1.82) is 0 Å². The van der Waals surface area contributed by atoms with Gasteiger partial charge in [-0.1, -0.05) is 36.4 Å². The van der Waals surface area contributed by atoms with Gasteiger partial charge in [0.25, 0.3) is 0 Å². The van der Waals surface area contributed by atoms with E-state index in [-0.39, 0.29) is 12.5 Å². The maximum absolute atomic E-state index is 12.0. The second-order valence-corrected chi connectivity index (χ2v) is 7.67. The molecule has 0 atom stereocenters. The van der Waals surface area contributed by atoms with E-state index in [0.717, 1.165) is 35.5 Å². The third-order valence-corrected chi connectivity index (χ3v) is 5.29. The van der Waals surface area contributed by atoms with Crippen LogP contribution in [0, 0.1) is 0 Å². The number of hydrogen-bond acceptors (Lipinski definition) is 4. The smallest absolute Gasteiger partial charge is 0.231 e. The highest BCUT2D eigenvalue weighted by atomic mass is 32.2. The average Bonchev–Trinajstić information content (AvgIpc) is 3.06. The molecule has 1 N–H and O–H groups in total. The number of hydrogen-bond donors (Lipinski definition) is 1. The minimum Gasteiger partial charge on any atom is -0.454 e. The quantitative estimate of drug-likeness (QED) is 0.745. The summed E-state index contributed by atoms with van der Waals surface area (Å²) in [4.78, 5) is 0. The van der Waals surface area contributed by atoms with E-state index in [2.05, 4.69) is 4.72 Å². The molecule has 3 rings (SSSR count). The molecule has 1 aliphatic rings. The highest BCUT2D eigenvalue weighted by molar-refractivity contribution is 7.89. The summed E-state index contributed by atoms with van der Waals surface area (Å²) in [6, 6.07) is 15.5. The summed E-state index contributed by atoms with van der Waals surface area (Å²) in [7, 11) is -3.24. The lowest BCUT2D eigenvalue weighted by Gasteiger charge is -2.07. The minimum absolute atomic E-state index is 0.112. The van der Waals surface area contributed by atoms with Gasteiger partial charge in [-0.2, -0.15) is 0 Å². The summed E-state index contributed by atoms with van der Waals surface area (Å²) in [6.45, 7) is 0.700. The highest BCUT2D eigenvalue weighted by Gasteiger charge is 2.13. The van der Waals surface area contributed by atoms with Gasteiger partial charge in [0.1, 0.15) is 0 Å². The Morgan fingerprint density at radius 1 is 0.917 bits per heavy atom. The van der Waals surface area contributed by atoms with Crippen molar-refractivity contribution < 1.29 is 17.9 Å². The lowest BCUT2D eigenvalue weighted by molar-refractivity contribution is 0.174. The third kappa shape index (κ3) is 4.72. The molecular formula is C18H21NO4S. The summed E-state index contributed by atoms with van der Waals surface area (Å²) >= 11 is 0. The molecule has 1 heterocycles. The molecule has 2 aromatic carbocycles. The molecule has 1 aliphatic heterocycles. The summed E-state index contributed by atoms with van der Waals surface area (Å²) in [5, 5.41) is 0. The van der Waals surface area contributed by atoms with E-state index >= 15 is 0 Å². The van der Waals surface area contributed by atoms with E-state index in [4.69, 9.17) is 9.47 Å². The maximum Gasteiger partial charge on any atom is 0.231 e. The molecule has 0 spiro atoms. The number of nitrogens with one attached hydrogen (secondary N) is 1. The first-order valence-corrected chi connectivity index (χ1v) is 9.67. The SMILES string of the molecule is O=S(=O)(CCc1ccccc1)NCCCc1ccc2c(c1)OCO2. The molecule has 0 aromatic heterocycles. The van der Waals surface area contributed by atoms with Crippen LogP contribution in [0.1, 0.15) is 17.5 Å². The van der Waals surface area contributed by atoms with Crippen molar-refractivity contribution >= 4 is 10.0 Å². The zero-order valence-corrected chi connectivity index (χ0v) is 14.2. The number of fused-ring (bicyclic) bond motifs is 1. The molecule has 0 radical (unpaired) electrons. The van der Waals surface area contributed by atoms with E-state index < -0.39 is 10.0 Å². The van der Waals surface area contributed by atoms with Crippen LogP contribution in [-0.2, 0) is 22.9 Å². The number of rotatable bonds is 8. The molecule has 0 saturated heterocycles. The van der Waals surface area contributed by atoms with E-state index in [0.29, 0.717) is 13.0 Å². The standard InChI is InChI=1S/C18H21NO4S/c20-24(21,12-10-15-5-2-1-3-6-15)19-11-4-7-16-8-9-17-18(13-16)23-14-22-17/h1-3,5-6,8-9,13,19H,4,7,10-12,14H2. The van der Waals surface area contributed by atoms with Crippen LogP contribution in [0.4, 0.5) is 0 Å². The fourth-order valence-corrected chi connectivity index (χ4v) is 3.69. The normalized spacial score (nSPS) is 13.2. The van der Waals surface area contributed by atoms with E-state index in [9.17, 15) is 8.42 Å². The predicted molar refractivity (Wildman–Crippen MR) is 92.8 cm³/mol. The average molecular weight is 347 g/mol. The first-order chi connectivity index (χ1) is 11.6. The number of ether oxygens (including phenoxy) is 2. The molecule has 0 saturated carbocycles. The van der Waals surface area contributed by atoms with Gasteiger partial charge < -0.3 is 9.47 Å². The summed E-state index contributed by atoms with van der Waals surface area (Å²) in [5.41, 5.74) is 2.14. The number of sulfonamides is 1.